The van der Waals surface area contributed by atoms with Crippen LogP contribution >= 0.6 is 11.3 Å². The average Bonchev–Trinajstić information content (AvgIpc) is 2.81. The van der Waals surface area contributed by atoms with Gasteiger partial charge in [-0.3, -0.25) is 9.59 Å². The zero-order chi connectivity index (χ0) is 14.3. The fraction of sp³-hybridized carbons (Fsp3) is 0.333. The monoisotopic (exact) mass is 288 g/mol. The van der Waals surface area contributed by atoms with Crippen molar-refractivity contribution in [3.8, 4) is 0 Å². The minimum Gasteiger partial charge on any atom is -0.342 e. The van der Waals surface area contributed by atoms with Gasteiger partial charge >= 0.3 is 0 Å². The lowest BCUT2D eigenvalue weighted by molar-refractivity contribution is -0.128. The summed E-state index contributed by atoms with van der Waals surface area (Å²) in [5, 5.41) is 5.93. The van der Waals surface area contributed by atoms with Gasteiger partial charge in [0.05, 0.1) is 0 Å². The number of benzene rings is 1. The van der Waals surface area contributed by atoms with Gasteiger partial charge in [-0.2, -0.15) is 0 Å². The van der Waals surface area contributed by atoms with Gasteiger partial charge in [-0.25, -0.2) is 0 Å². The molecule has 0 radical (unpaired) electrons. The highest BCUT2D eigenvalue weighted by atomic mass is 32.1. The van der Waals surface area contributed by atoms with E-state index in [4.69, 9.17) is 0 Å². The fourth-order valence-electron chi connectivity index (χ4n) is 2.49. The number of hydrogen-bond donors (Lipinski definition) is 1. The molecule has 1 aliphatic heterocycles. The van der Waals surface area contributed by atoms with Crippen LogP contribution in [0.5, 0.6) is 0 Å². The van der Waals surface area contributed by atoms with Crippen molar-refractivity contribution >= 4 is 38.9 Å². The number of rotatable bonds is 1. The van der Waals surface area contributed by atoms with E-state index in [2.05, 4.69) is 5.32 Å². The summed E-state index contributed by atoms with van der Waals surface area (Å²) in [6, 6.07) is 8.02. The van der Waals surface area contributed by atoms with E-state index in [-0.39, 0.29) is 11.8 Å². The number of hydrogen-bond acceptors (Lipinski definition) is 3. The molecule has 1 aromatic carbocycles. The van der Waals surface area contributed by atoms with Gasteiger partial charge in [0.1, 0.15) is 5.54 Å². The number of amides is 2. The molecule has 0 atom stereocenters. The molecular weight excluding hydrogens is 272 g/mol. The summed E-state index contributed by atoms with van der Waals surface area (Å²) in [5.74, 6) is -0.152. The first kappa shape index (κ1) is 13.1. The van der Waals surface area contributed by atoms with Crippen LogP contribution in [0.2, 0.25) is 0 Å². The maximum atomic E-state index is 12.6. The molecule has 2 aromatic rings. The van der Waals surface area contributed by atoms with Crippen LogP contribution < -0.4 is 10.2 Å². The highest BCUT2D eigenvalue weighted by molar-refractivity contribution is 7.17. The Morgan fingerprint density at radius 2 is 2.05 bits per heavy atom. The molecular formula is C15H16N2O2S. The smallest absolute Gasteiger partial charge is 0.252 e. The van der Waals surface area contributed by atoms with Gasteiger partial charge in [-0.05, 0) is 48.9 Å². The minimum absolute atomic E-state index is 0.0714. The van der Waals surface area contributed by atoms with E-state index < -0.39 is 5.54 Å². The third-order valence-electron chi connectivity index (χ3n) is 3.54. The van der Waals surface area contributed by atoms with E-state index in [9.17, 15) is 9.59 Å². The van der Waals surface area contributed by atoms with Gasteiger partial charge in [-0.1, -0.05) is 0 Å². The second kappa shape index (κ2) is 4.59. The van der Waals surface area contributed by atoms with E-state index in [0.717, 1.165) is 11.1 Å². The molecule has 104 valence electrons. The van der Waals surface area contributed by atoms with Crippen molar-refractivity contribution in [3.05, 3.63) is 29.6 Å². The molecule has 20 heavy (non-hydrogen) atoms. The zero-order valence-electron chi connectivity index (χ0n) is 11.5. The average molecular weight is 288 g/mol. The maximum absolute atomic E-state index is 12.6. The Labute approximate surface area is 121 Å². The van der Waals surface area contributed by atoms with Crippen LogP contribution in [0.15, 0.2) is 29.6 Å². The Kier molecular flexibility index (Phi) is 3.01. The standard InChI is InChI=1S/C15H16N2O2S/c1-15(2)14(19)17(7-5-13(18)16-15)11-3-4-12-10(9-11)6-8-20-12/h3-4,6,8-9H,5,7H2,1-2H3,(H,16,18). The SMILES string of the molecule is CC1(C)NC(=O)CCN(c2ccc3sccc3c2)C1=O. The predicted octanol–water partition coefficient (Wildman–Crippen LogP) is 2.53. The first-order chi connectivity index (χ1) is 9.47. The number of carbonyl (C=O) groups is 2. The van der Waals surface area contributed by atoms with Crippen LogP contribution in [0.3, 0.4) is 0 Å². The van der Waals surface area contributed by atoms with Crippen molar-refractivity contribution in [1.82, 2.24) is 5.32 Å². The third-order valence-corrected chi connectivity index (χ3v) is 4.44. The Morgan fingerprint density at radius 1 is 1.25 bits per heavy atom. The molecule has 0 saturated carbocycles. The second-order valence-corrected chi connectivity index (χ2v) is 6.47. The highest BCUT2D eigenvalue weighted by Crippen LogP contribution is 2.28. The van der Waals surface area contributed by atoms with Crippen molar-refractivity contribution in [2.24, 2.45) is 0 Å². The van der Waals surface area contributed by atoms with E-state index in [1.54, 1.807) is 30.1 Å². The zero-order valence-corrected chi connectivity index (χ0v) is 12.3. The van der Waals surface area contributed by atoms with Gasteiger partial charge in [0, 0.05) is 23.4 Å². The Bertz CT molecular complexity index is 690. The quantitative estimate of drug-likeness (QED) is 0.876. The highest BCUT2D eigenvalue weighted by Gasteiger charge is 2.37. The van der Waals surface area contributed by atoms with Crippen LogP contribution in [0, 0.1) is 0 Å². The van der Waals surface area contributed by atoms with E-state index in [1.165, 1.54) is 4.70 Å². The molecule has 1 aliphatic rings. The normalized spacial score (nSPS) is 19.0. The van der Waals surface area contributed by atoms with Crippen molar-refractivity contribution in [1.29, 1.82) is 0 Å². The molecule has 0 bridgehead atoms. The first-order valence-corrected chi connectivity index (χ1v) is 7.45. The lowest BCUT2D eigenvalue weighted by Crippen LogP contribution is -2.53. The molecule has 2 amide bonds. The lowest BCUT2D eigenvalue weighted by Gasteiger charge is -2.28. The van der Waals surface area contributed by atoms with Gasteiger partial charge < -0.3 is 10.2 Å². The molecule has 1 N–H and O–H groups in total. The van der Waals surface area contributed by atoms with Gasteiger partial charge in [-0.15, -0.1) is 11.3 Å². The van der Waals surface area contributed by atoms with Crippen molar-refractivity contribution < 1.29 is 9.59 Å². The molecule has 1 aromatic heterocycles. The lowest BCUT2D eigenvalue weighted by atomic mass is 10.0. The predicted molar refractivity (Wildman–Crippen MR) is 81.0 cm³/mol. The van der Waals surface area contributed by atoms with Crippen LogP contribution in [-0.4, -0.2) is 23.9 Å². The van der Waals surface area contributed by atoms with Crippen LogP contribution in [-0.2, 0) is 9.59 Å². The third kappa shape index (κ3) is 2.18. The van der Waals surface area contributed by atoms with Crippen LogP contribution in [0.4, 0.5) is 5.69 Å². The summed E-state index contributed by atoms with van der Waals surface area (Å²) in [6.45, 7) is 3.91. The molecule has 0 spiro atoms. The molecule has 1 saturated heterocycles. The maximum Gasteiger partial charge on any atom is 0.252 e. The summed E-state index contributed by atoms with van der Waals surface area (Å²) in [7, 11) is 0. The number of carbonyl (C=O) groups excluding carboxylic acids is 2. The van der Waals surface area contributed by atoms with Crippen molar-refractivity contribution in [3.63, 3.8) is 0 Å². The summed E-state index contributed by atoms with van der Waals surface area (Å²) in [5.41, 5.74) is -0.0116. The molecule has 0 aliphatic carbocycles. The van der Waals surface area contributed by atoms with Crippen LogP contribution in [0.1, 0.15) is 20.3 Å². The van der Waals surface area contributed by atoms with E-state index in [1.807, 2.05) is 29.6 Å². The largest absolute Gasteiger partial charge is 0.342 e. The molecule has 1 fully saturated rings. The molecule has 2 heterocycles. The Morgan fingerprint density at radius 3 is 2.85 bits per heavy atom. The second-order valence-electron chi connectivity index (χ2n) is 5.52. The molecule has 5 heteroatoms. The first-order valence-electron chi connectivity index (χ1n) is 6.58. The summed E-state index contributed by atoms with van der Waals surface area (Å²) >= 11 is 1.68. The number of thiophene rings is 1. The van der Waals surface area contributed by atoms with Gasteiger partial charge in [0.15, 0.2) is 0 Å². The van der Waals surface area contributed by atoms with E-state index in [0.29, 0.717) is 13.0 Å². The van der Waals surface area contributed by atoms with Gasteiger partial charge in [0.25, 0.3) is 5.91 Å². The Hall–Kier alpha value is -1.88. The fourth-order valence-corrected chi connectivity index (χ4v) is 3.26. The Balaban J connectivity index is 2.02. The molecule has 3 rings (SSSR count). The summed E-state index contributed by atoms with van der Waals surface area (Å²) in [6.07, 6.45) is 0.330. The number of nitrogens with zero attached hydrogens (tertiary/aromatic N) is 1. The summed E-state index contributed by atoms with van der Waals surface area (Å²) in [4.78, 5) is 26.0. The van der Waals surface area contributed by atoms with Crippen molar-refractivity contribution in [2.75, 3.05) is 11.4 Å². The molecule has 4 nitrogen and oxygen atoms in total. The van der Waals surface area contributed by atoms with Crippen molar-refractivity contribution in [2.45, 2.75) is 25.8 Å². The minimum atomic E-state index is -0.864. The van der Waals surface area contributed by atoms with Gasteiger partial charge in [0.2, 0.25) is 5.91 Å². The number of fused-ring (bicyclic) bond motifs is 1. The number of nitrogens with one attached hydrogen (secondary N) is 1. The van der Waals surface area contributed by atoms with E-state index >= 15 is 0 Å². The number of anilines is 1. The summed E-state index contributed by atoms with van der Waals surface area (Å²) < 4.78 is 1.20. The topological polar surface area (TPSA) is 49.4 Å². The molecule has 0 unspecified atom stereocenters. The van der Waals surface area contributed by atoms with Crippen LogP contribution in [0.25, 0.3) is 10.1 Å².